The van der Waals surface area contributed by atoms with Crippen LogP contribution in [0, 0.1) is 23.1 Å². The van der Waals surface area contributed by atoms with E-state index in [-0.39, 0.29) is 17.6 Å². The molecule has 16 heavy (non-hydrogen) atoms. The molecule has 0 heterocycles. The zero-order chi connectivity index (χ0) is 12.1. The largest absolute Gasteiger partial charge is 0.340 e. The van der Waals surface area contributed by atoms with Gasteiger partial charge in [0, 0.05) is 19.2 Å². The van der Waals surface area contributed by atoms with E-state index in [0.717, 1.165) is 0 Å². The van der Waals surface area contributed by atoms with Gasteiger partial charge in [-0.25, -0.2) is 4.39 Å². The van der Waals surface area contributed by atoms with Crippen molar-refractivity contribution in [3.63, 3.8) is 0 Å². The van der Waals surface area contributed by atoms with Crippen molar-refractivity contribution >= 4 is 5.91 Å². The Morgan fingerprint density at radius 1 is 1.50 bits per heavy atom. The molecule has 1 unspecified atom stereocenters. The number of hydrogen-bond acceptors (Lipinski definition) is 2. The van der Waals surface area contributed by atoms with Crippen LogP contribution in [0.15, 0.2) is 24.3 Å². The monoisotopic (exact) mass is 220 g/mol. The molecule has 0 fully saturated rings. The summed E-state index contributed by atoms with van der Waals surface area (Å²) in [5, 5.41) is 8.63. The number of halogens is 1. The van der Waals surface area contributed by atoms with Gasteiger partial charge in [-0.2, -0.15) is 5.26 Å². The third-order valence-electron chi connectivity index (χ3n) is 2.21. The van der Waals surface area contributed by atoms with Crippen LogP contribution >= 0.6 is 0 Å². The van der Waals surface area contributed by atoms with Crippen LogP contribution in [0.2, 0.25) is 0 Å². The highest BCUT2D eigenvalue weighted by molar-refractivity contribution is 5.94. The molecule has 0 aliphatic heterocycles. The zero-order valence-corrected chi connectivity index (χ0v) is 9.27. The Hall–Kier alpha value is -1.89. The van der Waals surface area contributed by atoms with Gasteiger partial charge in [0.25, 0.3) is 5.91 Å². The van der Waals surface area contributed by atoms with Gasteiger partial charge in [0.2, 0.25) is 0 Å². The van der Waals surface area contributed by atoms with Crippen LogP contribution in [0.1, 0.15) is 17.3 Å². The maximum atomic E-state index is 12.6. The maximum Gasteiger partial charge on any atom is 0.253 e. The molecule has 0 spiro atoms. The Balaban J connectivity index is 2.71. The van der Waals surface area contributed by atoms with Crippen LogP contribution in [-0.4, -0.2) is 24.4 Å². The smallest absolute Gasteiger partial charge is 0.253 e. The lowest BCUT2D eigenvalue weighted by molar-refractivity contribution is 0.0785. The third-order valence-corrected chi connectivity index (χ3v) is 2.21. The fourth-order valence-corrected chi connectivity index (χ4v) is 1.35. The average Bonchev–Trinajstić information content (AvgIpc) is 2.28. The molecule has 1 aromatic carbocycles. The molecule has 0 N–H and O–H groups in total. The van der Waals surface area contributed by atoms with E-state index >= 15 is 0 Å². The van der Waals surface area contributed by atoms with E-state index in [1.165, 1.54) is 29.2 Å². The third kappa shape index (κ3) is 3.06. The van der Waals surface area contributed by atoms with E-state index in [9.17, 15) is 9.18 Å². The molecule has 0 saturated heterocycles. The summed E-state index contributed by atoms with van der Waals surface area (Å²) in [6.07, 6.45) is 0. The Morgan fingerprint density at radius 3 is 2.56 bits per heavy atom. The lowest BCUT2D eigenvalue weighted by atomic mass is 10.1. The first-order valence-corrected chi connectivity index (χ1v) is 4.95. The highest BCUT2D eigenvalue weighted by Crippen LogP contribution is 2.07. The van der Waals surface area contributed by atoms with Crippen molar-refractivity contribution in [2.75, 3.05) is 13.6 Å². The summed E-state index contributed by atoms with van der Waals surface area (Å²) < 4.78 is 12.6. The number of nitriles is 1. The molecule has 0 aliphatic rings. The summed E-state index contributed by atoms with van der Waals surface area (Å²) in [4.78, 5) is 13.3. The molecule has 0 radical (unpaired) electrons. The van der Waals surface area contributed by atoms with Crippen LogP contribution in [0.5, 0.6) is 0 Å². The maximum absolute atomic E-state index is 12.6. The molecule has 1 atom stereocenters. The quantitative estimate of drug-likeness (QED) is 0.782. The first-order chi connectivity index (χ1) is 7.54. The second-order valence-corrected chi connectivity index (χ2v) is 3.72. The van der Waals surface area contributed by atoms with Crippen LogP contribution < -0.4 is 0 Å². The average molecular weight is 220 g/mol. The number of amides is 1. The Labute approximate surface area is 94.1 Å². The number of nitrogens with zero attached hydrogens (tertiary/aromatic N) is 2. The molecule has 0 aliphatic carbocycles. The zero-order valence-electron chi connectivity index (χ0n) is 9.27. The molecule has 1 aromatic rings. The summed E-state index contributed by atoms with van der Waals surface area (Å²) >= 11 is 0. The molecular weight excluding hydrogens is 207 g/mol. The Morgan fingerprint density at radius 2 is 2.06 bits per heavy atom. The normalized spacial score (nSPS) is 11.6. The number of carbonyl (C=O) groups excluding carboxylic acids is 1. The summed E-state index contributed by atoms with van der Waals surface area (Å²) in [5.41, 5.74) is 0.425. The van der Waals surface area contributed by atoms with Gasteiger partial charge in [-0.1, -0.05) is 0 Å². The molecule has 4 heteroatoms. The van der Waals surface area contributed by atoms with E-state index < -0.39 is 0 Å². The molecule has 0 bridgehead atoms. The lowest BCUT2D eigenvalue weighted by Crippen LogP contribution is -2.30. The Kier molecular flexibility index (Phi) is 4.01. The van der Waals surface area contributed by atoms with Crippen molar-refractivity contribution in [1.82, 2.24) is 4.90 Å². The highest BCUT2D eigenvalue weighted by Gasteiger charge is 2.13. The predicted molar refractivity (Wildman–Crippen MR) is 58.1 cm³/mol. The van der Waals surface area contributed by atoms with Crippen molar-refractivity contribution in [3.05, 3.63) is 35.6 Å². The van der Waals surface area contributed by atoms with E-state index in [2.05, 4.69) is 6.07 Å². The molecule has 84 valence electrons. The SMILES string of the molecule is CC(C#N)CN(C)C(=O)c1ccc(F)cc1. The van der Waals surface area contributed by atoms with Gasteiger partial charge in [-0.05, 0) is 31.2 Å². The highest BCUT2D eigenvalue weighted by atomic mass is 19.1. The van der Waals surface area contributed by atoms with Gasteiger partial charge in [-0.15, -0.1) is 0 Å². The van der Waals surface area contributed by atoms with Crippen molar-refractivity contribution in [3.8, 4) is 6.07 Å². The van der Waals surface area contributed by atoms with Crippen LogP contribution in [0.3, 0.4) is 0 Å². The first-order valence-electron chi connectivity index (χ1n) is 4.95. The minimum atomic E-state index is -0.371. The van der Waals surface area contributed by atoms with Crippen molar-refractivity contribution in [1.29, 1.82) is 5.26 Å². The molecular formula is C12H13FN2O. The van der Waals surface area contributed by atoms with Crippen LogP contribution in [-0.2, 0) is 0 Å². The summed E-state index contributed by atoms with van der Waals surface area (Å²) in [5.74, 6) is -0.791. The molecule has 0 aromatic heterocycles. The number of hydrogen-bond donors (Lipinski definition) is 0. The summed E-state index contributed by atoms with van der Waals surface area (Å²) in [7, 11) is 1.62. The second-order valence-electron chi connectivity index (χ2n) is 3.72. The van der Waals surface area contributed by atoms with Gasteiger partial charge in [0.1, 0.15) is 5.82 Å². The van der Waals surface area contributed by atoms with Crippen LogP contribution in [0.25, 0.3) is 0 Å². The Bertz CT molecular complexity index is 408. The van der Waals surface area contributed by atoms with Gasteiger partial charge in [0.15, 0.2) is 0 Å². The van der Waals surface area contributed by atoms with Crippen LogP contribution in [0.4, 0.5) is 4.39 Å². The van der Waals surface area contributed by atoms with E-state index in [1.807, 2.05) is 0 Å². The van der Waals surface area contributed by atoms with Crippen molar-refractivity contribution in [2.24, 2.45) is 5.92 Å². The number of carbonyl (C=O) groups is 1. The van der Waals surface area contributed by atoms with Gasteiger partial charge >= 0.3 is 0 Å². The lowest BCUT2D eigenvalue weighted by Gasteiger charge is -2.18. The first kappa shape index (κ1) is 12.2. The van der Waals surface area contributed by atoms with Gasteiger partial charge in [-0.3, -0.25) is 4.79 Å². The molecule has 0 saturated carbocycles. The minimum Gasteiger partial charge on any atom is -0.340 e. The fourth-order valence-electron chi connectivity index (χ4n) is 1.35. The fraction of sp³-hybridized carbons (Fsp3) is 0.333. The van der Waals surface area contributed by atoms with Crippen molar-refractivity contribution < 1.29 is 9.18 Å². The standard InChI is InChI=1S/C12H13FN2O/c1-9(7-14)8-15(2)12(16)10-3-5-11(13)6-4-10/h3-6,9H,8H2,1-2H3. The number of rotatable bonds is 3. The van der Waals surface area contributed by atoms with Gasteiger partial charge in [0.05, 0.1) is 12.0 Å². The summed E-state index contributed by atoms with van der Waals surface area (Å²) in [6.45, 7) is 2.11. The summed E-state index contributed by atoms with van der Waals surface area (Å²) in [6, 6.07) is 7.42. The van der Waals surface area contributed by atoms with E-state index in [0.29, 0.717) is 12.1 Å². The second kappa shape index (κ2) is 5.26. The molecule has 1 rings (SSSR count). The topological polar surface area (TPSA) is 44.1 Å². The molecule has 3 nitrogen and oxygen atoms in total. The number of benzene rings is 1. The van der Waals surface area contributed by atoms with E-state index in [4.69, 9.17) is 5.26 Å². The van der Waals surface area contributed by atoms with Crippen molar-refractivity contribution in [2.45, 2.75) is 6.92 Å². The predicted octanol–water partition coefficient (Wildman–Crippen LogP) is 2.06. The minimum absolute atomic E-state index is 0.206. The van der Waals surface area contributed by atoms with E-state index in [1.54, 1.807) is 14.0 Å². The van der Waals surface area contributed by atoms with Gasteiger partial charge < -0.3 is 4.90 Å². The molecule has 1 amide bonds.